The summed E-state index contributed by atoms with van der Waals surface area (Å²) in [5.41, 5.74) is 3.04. The minimum Gasteiger partial charge on any atom is -0.393 e. The van der Waals surface area contributed by atoms with Crippen molar-refractivity contribution in [2.24, 2.45) is 0 Å². The van der Waals surface area contributed by atoms with Gasteiger partial charge in [-0.3, -0.25) is 0 Å². The normalized spacial score (nSPS) is 29.6. The van der Waals surface area contributed by atoms with Crippen molar-refractivity contribution >= 4 is 0 Å². The summed E-state index contributed by atoms with van der Waals surface area (Å²) in [6.45, 7) is 4.50. The molecule has 1 saturated carbocycles. The lowest BCUT2D eigenvalue weighted by Gasteiger charge is -2.25. The molecule has 0 heterocycles. The van der Waals surface area contributed by atoms with Crippen LogP contribution in [0, 0.1) is 0 Å². The van der Waals surface area contributed by atoms with E-state index in [-0.39, 0.29) is 11.5 Å². The van der Waals surface area contributed by atoms with Gasteiger partial charge in [0.25, 0.3) is 0 Å². The van der Waals surface area contributed by atoms with Gasteiger partial charge in [-0.25, -0.2) is 0 Å². The van der Waals surface area contributed by atoms with Gasteiger partial charge in [0, 0.05) is 0 Å². The standard InChI is InChI=1S/C15H22O/c1-3-5-12-6-4-7-13(10-12)15(2)9-8-14(16)11-15/h4,6-7,10,14,16H,3,5,8-9,11H2,1-2H3. The Bertz CT molecular complexity index is 358. The molecule has 1 nitrogen and oxygen atoms in total. The molecule has 0 radical (unpaired) electrons. The lowest BCUT2D eigenvalue weighted by molar-refractivity contribution is 0.175. The number of aliphatic hydroxyl groups excluding tert-OH is 1. The van der Waals surface area contributed by atoms with Crippen LogP contribution in [-0.4, -0.2) is 11.2 Å². The van der Waals surface area contributed by atoms with Crippen molar-refractivity contribution in [1.29, 1.82) is 0 Å². The highest BCUT2D eigenvalue weighted by Crippen LogP contribution is 2.40. The van der Waals surface area contributed by atoms with Gasteiger partial charge in [0.05, 0.1) is 6.10 Å². The van der Waals surface area contributed by atoms with Crippen LogP contribution in [0.4, 0.5) is 0 Å². The van der Waals surface area contributed by atoms with Crippen LogP contribution in [0.1, 0.15) is 50.7 Å². The zero-order valence-corrected chi connectivity index (χ0v) is 10.4. The maximum absolute atomic E-state index is 9.70. The summed E-state index contributed by atoms with van der Waals surface area (Å²) in [4.78, 5) is 0. The average molecular weight is 218 g/mol. The van der Waals surface area contributed by atoms with E-state index in [1.165, 1.54) is 17.5 Å². The van der Waals surface area contributed by atoms with Crippen LogP contribution in [0.5, 0.6) is 0 Å². The molecule has 2 unspecified atom stereocenters. The Morgan fingerprint density at radius 3 is 2.88 bits per heavy atom. The molecule has 1 aromatic rings. The third-order valence-corrected chi connectivity index (χ3v) is 3.88. The van der Waals surface area contributed by atoms with Crippen LogP contribution in [0.25, 0.3) is 0 Å². The lowest BCUT2D eigenvalue weighted by atomic mass is 9.80. The van der Waals surface area contributed by atoms with Crippen LogP contribution < -0.4 is 0 Å². The van der Waals surface area contributed by atoms with Gasteiger partial charge >= 0.3 is 0 Å². The Morgan fingerprint density at radius 1 is 1.44 bits per heavy atom. The summed E-state index contributed by atoms with van der Waals surface area (Å²) in [5.74, 6) is 0. The van der Waals surface area contributed by atoms with E-state index in [0.717, 1.165) is 25.7 Å². The van der Waals surface area contributed by atoms with Gasteiger partial charge in [0.1, 0.15) is 0 Å². The van der Waals surface area contributed by atoms with Gasteiger partial charge in [0.15, 0.2) is 0 Å². The molecule has 2 atom stereocenters. The predicted molar refractivity (Wildman–Crippen MR) is 67.6 cm³/mol. The van der Waals surface area contributed by atoms with Crippen molar-refractivity contribution in [1.82, 2.24) is 0 Å². The number of aliphatic hydroxyl groups is 1. The summed E-state index contributed by atoms with van der Waals surface area (Å²) >= 11 is 0. The Hall–Kier alpha value is -0.820. The second-order valence-corrected chi connectivity index (χ2v) is 5.41. The Kier molecular flexibility index (Phi) is 3.34. The van der Waals surface area contributed by atoms with E-state index in [9.17, 15) is 5.11 Å². The van der Waals surface area contributed by atoms with Crippen LogP contribution in [0.3, 0.4) is 0 Å². The van der Waals surface area contributed by atoms with Crippen molar-refractivity contribution in [2.45, 2.75) is 57.5 Å². The van der Waals surface area contributed by atoms with E-state index in [1.54, 1.807) is 0 Å². The van der Waals surface area contributed by atoms with Gasteiger partial charge in [-0.15, -0.1) is 0 Å². The molecular formula is C15H22O. The van der Waals surface area contributed by atoms with Crippen molar-refractivity contribution in [3.05, 3.63) is 35.4 Å². The first kappa shape index (κ1) is 11.7. The first-order valence-electron chi connectivity index (χ1n) is 6.41. The Balaban J connectivity index is 2.22. The van der Waals surface area contributed by atoms with Gasteiger partial charge in [-0.1, -0.05) is 44.5 Å². The third-order valence-electron chi connectivity index (χ3n) is 3.88. The maximum Gasteiger partial charge on any atom is 0.0549 e. The molecule has 1 heteroatoms. The van der Waals surface area contributed by atoms with Gasteiger partial charge in [0.2, 0.25) is 0 Å². The van der Waals surface area contributed by atoms with Crippen LogP contribution in [-0.2, 0) is 11.8 Å². The van der Waals surface area contributed by atoms with Crippen LogP contribution in [0.2, 0.25) is 0 Å². The van der Waals surface area contributed by atoms with E-state index in [0.29, 0.717) is 0 Å². The topological polar surface area (TPSA) is 20.2 Å². The fourth-order valence-electron chi connectivity index (χ4n) is 2.86. The second kappa shape index (κ2) is 4.58. The first-order chi connectivity index (χ1) is 7.64. The predicted octanol–water partition coefficient (Wildman–Crippen LogP) is 3.44. The number of hydrogen-bond donors (Lipinski definition) is 1. The van der Waals surface area contributed by atoms with Crippen molar-refractivity contribution < 1.29 is 5.11 Å². The summed E-state index contributed by atoms with van der Waals surface area (Å²) < 4.78 is 0. The molecule has 1 aliphatic rings. The second-order valence-electron chi connectivity index (χ2n) is 5.41. The monoisotopic (exact) mass is 218 g/mol. The highest BCUT2D eigenvalue weighted by molar-refractivity contribution is 5.31. The first-order valence-corrected chi connectivity index (χ1v) is 6.41. The summed E-state index contributed by atoms with van der Waals surface area (Å²) in [5, 5.41) is 9.70. The van der Waals surface area contributed by atoms with Crippen molar-refractivity contribution in [2.75, 3.05) is 0 Å². The summed E-state index contributed by atoms with van der Waals surface area (Å²) in [6.07, 6.45) is 5.25. The van der Waals surface area contributed by atoms with Crippen LogP contribution >= 0.6 is 0 Å². The molecule has 0 aliphatic heterocycles. The zero-order chi connectivity index (χ0) is 11.6. The molecule has 2 rings (SSSR count). The number of aryl methyl sites for hydroxylation is 1. The van der Waals surface area contributed by atoms with Gasteiger partial charge in [-0.2, -0.15) is 0 Å². The lowest BCUT2D eigenvalue weighted by Crippen LogP contribution is -2.18. The highest BCUT2D eigenvalue weighted by atomic mass is 16.3. The molecule has 88 valence electrons. The van der Waals surface area contributed by atoms with E-state index in [1.807, 2.05) is 0 Å². The highest BCUT2D eigenvalue weighted by Gasteiger charge is 2.35. The summed E-state index contributed by atoms with van der Waals surface area (Å²) in [7, 11) is 0. The minimum atomic E-state index is -0.0974. The van der Waals surface area contributed by atoms with E-state index in [4.69, 9.17) is 0 Å². The largest absolute Gasteiger partial charge is 0.393 e. The molecular weight excluding hydrogens is 196 g/mol. The Labute approximate surface area is 98.5 Å². The van der Waals surface area contributed by atoms with Gasteiger partial charge in [-0.05, 0) is 42.2 Å². The molecule has 0 aromatic heterocycles. The summed E-state index contributed by atoms with van der Waals surface area (Å²) in [6, 6.07) is 8.93. The fourth-order valence-corrected chi connectivity index (χ4v) is 2.86. The van der Waals surface area contributed by atoms with Crippen molar-refractivity contribution in [3.8, 4) is 0 Å². The zero-order valence-electron chi connectivity index (χ0n) is 10.4. The molecule has 0 saturated heterocycles. The number of hydrogen-bond acceptors (Lipinski definition) is 1. The molecule has 1 N–H and O–H groups in total. The quantitative estimate of drug-likeness (QED) is 0.824. The average Bonchev–Trinajstić information content (AvgIpc) is 2.61. The molecule has 0 amide bonds. The van der Waals surface area contributed by atoms with E-state index in [2.05, 4.69) is 38.1 Å². The van der Waals surface area contributed by atoms with E-state index >= 15 is 0 Å². The SMILES string of the molecule is CCCc1cccc(C2(C)CCC(O)C2)c1. The molecule has 1 aromatic carbocycles. The molecule has 1 aliphatic carbocycles. The molecule has 0 bridgehead atoms. The van der Waals surface area contributed by atoms with E-state index < -0.39 is 0 Å². The maximum atomic E-state index is 9.70. The molecule has 0 spiro atoms. The minimum absolute atomic E-state index is 0.0974. The van der Waals surface area contributed by atoms with Crippen LogP contribution in [0.15, 0.2) is 24.3 Å². The molecule has 16 heavy (non-hydrogen) atoms. The number of rotatable bonds is 3. The third kappa shape index (κ3) is 2.30. The number of benzene rings is 1. The smallest absolute Gasteiger partial charge is 0.0549 e. The van der Waals surface area contributed by atoms with Crippen molar-refractivity contribution in [3.63, 3.8) is 0 Å². The fraction of sp³-hybridized carbons (Fsp3) is 0.600. The Morgan fingerprint density at radius 2 is 2.25 bits per heavy atom. The molecule has 1 fully saturated rings. The van der Waals surface area contributed by atoms with Gasteiger partial charge < -0.3 is 5.11 Å².